The van der Waals surface area contributed by atoms with Gasteiger partial charge in [0.25, 0.3) is 5.56 Å². The molecule has 146 valence electrons. The molecule has 1 aliphatic carbocycles. The number of nitrogens with two attached hydrogens (primary N) is 1. The number of ether oxygens (including phenoxy) is 1. The Labute approximate surface area is 163 Å². The van der Waals surface area contributed by atoms with E-state index in [-0.39, 0.29) is 23.3 Å². The molecule has 1 aliphatic heterocycles. The summed E-state index contributed by atoms with van der Waals surface area (Å²) in [7, 11) is 1.43. The summed E-state index contributed by atoms with van der Waals surface area (Å²) in [6, 6.07) is 2.16. The predicted molar refractivity (Wildman–Crippen MR) is 105 cm³/mol. The third kappa shape index (κ3) is 2.29. The molecule has 9 heteroatoms. The van der Waals surface area contributed by atoms with Gasteiger partial charge in [0.05, 0.1) is 24.4 Å². The van der Waals surface area contributed by atoms with Crippen molar-refractivity contribution >= 4 is 16.9 Å². The number of pyridine rings is 1. The molecule has 0 saturated heterocycles. The lowest BCUT2D eigenvalue weighted by Crippen LogP contribution is -2.44. The minimum absolute atomic E-state index is 0.00248. The maximum Gasteiger partial charge on any atom is 0.354 e. The molecule has 0 radical (unpaired) electrons. The average molecular weight is 402 g/mol. The minimum Gasteiger partial charge on any atom is -0.494 e. The lowest BCUT2D eigenvalue weighted by Gasteiger charge is -2.16. The molecule has 0 spiro atoms. The lowest BCUT2D eigenvalue weighted by atomic mass is 10.1. The van der Waals surface area contributed by atoms with Crippen molar-refractivity contribution in [3.8, 4) is 16.2 Å². The Bertz CT molecular complexity index is 1260. The maximum absolute atomic E-state index is 15.2. The second-order valence-corrected chi connectivity index (χ2v) is 8.44. The van der Waals surface area contributed by atoms with Crippen molar-refractivity contribution in [2.45, 2.75) is 38.3 Å². The van der Waals surface area contributed by atoms with E-state index in [2.05, 4.69) is 12.2 Å². The van der Waals surface area contributed by atoms with E-state index in [1.807, 2.05) is 6.07 Å². The number of halogens is 1. The van der Waals surface area contributed by atoms with Crippen LogP contribution in [0.4, 0.5) is 4.39 Å². The highest BCUT2D eigenvalue weighted by Gasteiger charge is 2.34. The van der Waals surface area contributed by atoms with Crippen LogP contribution in [0.1, 0.15) is 47.7 Å². The van der Waals surface area contributed by atoms with Crippen LogP contribution in [0.25, 0.3) is 16.0 Å². The molecule has 0 bridgehead atoms. The molecule has 28 heavy (non-hydrogen) atoms. The van der Waals surface area contributed by atoms with Crippen molar-refractivity contribution in [3.05, 3.63) is 54.9 Å². The van der Waals surface area contributed by atoms with Crippen LogP contribution in [0.3, 0.4) is 0 Å². The van der Waals surface area contributed by atoms with Crippen LogP contribution >= 0.6 is 11.3 Å². The molecule has 0 amide bonds. The van der Waals surface area contributed by atoms with Crippen molar-refractivity contribution in [1.82, 2.24) is 14.4 Å². The highest BCUT2D eigenvalue weighted by molar-refractivity contribution is 7.15. The molecule has 3 aromatic rings. The highest BCUT2D eigenvalue weighted by Crippen LogP contribution is 2.47. The smallest absolute Gasteiger partial charge is 0.354 e. The number of nitrogens with zero attached hydrogens (tertiary/aromatic N) is 2. The summed E-state index contributed by atoms with van der Waals surface area (Å²) in [6.45, 7) is 2.80. The fourth-order valence-electron chi connectivity index (χ4n) is 4.01. The summed E-state index contributed by atoms with van der Waals surface area (Å²) in [4.78, 5) is 27.1. The van der Waals surface area contributed by atoms with Crippen molar-refractivity contribution < 1.29 is 9.13 Å². The molecule has 3 N–H and O–H groups in total. The number of fused-ring (bicyclic) bond motifs is 2. The van der Waals surface area contributed by atoms with Crippen LogP contribution < -0.4 is 27.1 Å². The Hall–Kier alpha value is -2.65. The van der Waals surface area contributed by atoms with E-state index >= 15 is 4.39 Å². The molecule has 3 aromatic heterocycles. The Morgan fingerprint density at radius 1 is 1.36 bits per heavy atom. The van der Waals surface area contributed by atoms with Crippen molar-refractivity contribution in [1.29, 1.82) is 0 Å². The van der Waals surface area contributed by atoms with Crippen molar-refractivity contribution in [3.63, 3.8) is 0 Å². The Balaban J connectivity index is 1.89. The van der Waals surface area contributed by atoms with Gasteiger partial charge in [0.1, 0.15) is 5.52 Å². The molecular weight excluding hydrogens is 383 g/mol. The number of methoxy groups -OCH3 is 1. The summed E-state index contributed by atoms with van der Waals surface area (Å²) < 4.78 is 22.4. The van der Waals surface area contributed by atoms with Gasteiger partial charge in [0, 0.05) is 22.3 Å². The molecule has 1 fully saturated rings. The largest absolute Gasteiger partial charge is 0.494 e. The first-order valence-electron chi connectivity index (χ1n) is 9.11. The van der Waals surface area contributed by atoms with Gasteiger partial charge in [-0.1, -0.05) is 0 Å². The number of hydrogen-bond acceptors (Lipinski definition) is 6. The second-order valence-electron chi connectivity index (χ2n) is 7.35. The number of thiophene rings is 1. The average Bonchev–Trinajstić information content (AvgIpc) is 3.33. The predicted octanol–water partition coefficient (Wildman–Crippen LogP) is 2.09. The topological polar surface area (TPSA) is 90.8 Å². The van der Waals surface area contributed by atoms with Crippen LogP contribution in [0.2, 0.25) is 0 Å². The Kier molecular flexibility index (Phi) is 3.69. The van der Waals surface area contributed by atoms with Crippen molar-refractivity contribution in [2.24, 2.45) is 0 Å². The summed E-state index contributed by atoms with van der Waals surface area (Å²) in [6.07, 6.45) is 2.77. The van der Waals surface area contributed by atoms with E-state index in [9.17, 15) is 9.59 Å². The quantitative estimate of drug-likeness (QED) is 0.655. The number of nitrogens with one attached hydrogen (secondary N) is 1. The molecule has 4 heterocycles. The summed E-state index contributed by atoms with van der Waals surface area (Å²) in [5.74, 6) is 5.29. The van der Waals surface area contributed by atoms with Gasteiger partial charge < -0.3 is 15.9 Å². The third-order valence-electron chi connectivity index (χ3n) is 5.55. The number of hydrogen-bond donors (Lipinski definition) is 2. The number of rotatable bonds is 3. The van der Waals surface area contributed by atoms with Crippen LogP contribution in [-0.2, 0) is 6.54 Å². The molecule has 1 saturated carbocycles. The minimum atomic E-state index is -0.792. The molecule has 2 aliphatic rings. The molecule has 0 aromatic carbocycles. The van der Waals surface area contributed by atoms with Gasteiger partial charge >= 0.3 is 5.69 Å². The Morgan fingerprint density at radius 3 is 2.75 bits per heavy atom. The van der Waals surface area contributed by atoms with Crippen LogP contribution in [0.5, 0.6) is 5.75 Å². The van der Waals surface area contributed by atoms with E-state index in [4.69, 9.17) is 10.6 Å². The fraction of sp³-hybridized carbons (Fsp3) is 0.368. The van der Waals surface area contributed by atoms with Gasteiger partial charge in [-0.15, -0.1) is 11.3 Å². The van der Waals surface area contributed by atoms with Gasteiger partial charge in [0.2, 0.25) is 0 Å². The second kappa shape index (κ2) is 5.92. The monoisotopic (exact) mass is 402 g/mol. The van der Waals surface area contributed by atoms with Gasteiger partial charge in [0.15, 0.2) is 11.6 Å². The first-order valence-corrected chi connectivity index (χ1v) is 9.93. The zero-order chi connectivity index (χ0) is 19.7. The van der Waals surface area contributed by atoms with Gasteiger partial charge in [-0.05, 0) is 37.3 Å². The van der Waals surface area contributed by atoms with E-state index < -0.39 is 17.1 Å². The van der Waals surface area contributed by atoms with Crippen LogP contribution in [-0.4, -0.2) is 16.2 Å². The fourth-order valence-corrected chi connectivity index (χ4v) is 5.26. The molecule has 5 rings (SSSR count). The van der Waals surface area contributed by atoms with Crippen LogP contribution in [0.15, 0.2) is 21.9 Å². The summed E-state index contributed by atoms with van der Waals surface area (Å²) >= 11 is 1.50. The van der Waals surface area contributed by atoms with E-state index in [1.165, 1.54) is 18.4 Å². The van der Waals surface area contributed by atoms with Gasteiger partial charge in [-0.25, -0.2) is 9.18 Å². The van der Waals surface area contributed by atoms with Crippen molar-refractivity contribution in [2.75, 3.05) is 13.0 Å². The zero-order valence-electron chi connectivity index (χ0n) is 15.4. The van der Waals surface area contributed by atoms with E-state index in [1.54, 1.807) is 0 Å². The normalized spacial score (nSPS) is 18.6. The number of nitrogen functional groups attached to an aromatic ring is 1. The molecular formula is C19H19FN4O3S. The van der Waals surface area contributed by atoms with Gasteiger partial charge in [-0.3, -0.25) is 9.20 Å². The first kappa shape index (κ1) is 17.4. The molecule has 1 atom stereocenters. The van der Waals surface area contributed by atoms with E-state index in [0.717, 1.165) is 45.3 Å². The first-order chi connectivity index (χ1) is 13.4. The van der Waals surface area contributed by atoms with Crippen LogP contribution in [0, 0.1) is 5.82 Å². The van der Waals surface area contributed by atoms with E-state index in [0.29, 0.717) is 15.8 Å². The summed E-state index contributed by atoms with van der Waals surface area (Å²) in [5, 5.41) is 3.35. The highest BCUT2D eigenvalue weighted by atomic mass is 32.1. The maximum atomic E-state index is 15.2. The molecule has 1 unspecified atom stereocenters. The third-order valence-corrected chi connectivity index (χ3v) is 6.93. The lowest BCUT2D eigenvalue weighted by molar-refractivity contribution is 0.415. The number of aromatic nitrogens is 2. The Morgan fingerprint density at radius 2 is 2.11 bits per heavy atom. The van der Waals surface area contributed by atoms with Gasteiger partial charge in [-0.2, -0.15) is 4.68 Å². The standard InChI is InChI=1S/C19H19FN4O3S/c1-8-17-10(6-22-8)5-12(28-17)14-11(20)7-23-15(16(14)27-2)13(9-3-4-9)18(25)24(21)19(23)26/h5,7-9,22H,3-4,6,21H2,1-2H3. The zero-order valence-corrected chi connectivity index (χ0v) is 16.2. The SMILES string of the molecule is COc1c(-c2cc3c(s2)C(C)NC3)c(F)cn2c(=O)n(N)c(=O)c(C3CC3)c12. The molecule has 7 nitrogen and oxygen atoms in total. The summed E-state index contributed by atoms with van der Waals surface area (Å²) in [5.41, 5.74) is 0.808.